The topological polar surface area (TPSA) is 59.1 Å². The molecule has 0 N–H and O–H groups in total. The van der Waals surface area contributed by atoms with E-state index in [-0.39, 0.29) is 30.6 Å². The predicted octanol–water partition coefficient (Wildman–Crippen LogP) is 2.53. The SMILES string of the molecule is CCOC(=O)CN(C)C(=O)CN1CCOC(c2cc(F)c(Cl)cc2Cl)C1. The van der Waals surface area contributed by atoms with Gasteiger partial charge in [0.15, 0.2) is 0 Å². The van der Waals surface area contributed by atoms with Crippen molar-refractivity contribution < 1.29 is 23.5 Å². The van der Waals surface area contributed by atoms with E-state index in [1.807, 2.05) is 4.90 Å². The highest BCUT2D eigenvalue weighted by molar-refractivity contribution is 6.35. The first kappa shape index (κ1) is 20.9. The zero-order valence-electron chi connectivity index (χ0n) is 14.6. The minimum atomic E-state index is -0.572. The standard InChI is InChI=1S/C17H21Cl2FN2O4/c1-3-25-17(24)10-21(2)16(23)9-22-4-5-26-15(8-22)11-6-14(20)13(19)7-12(11)18/h6-7,15H,3-5,8-10H2,1-2H3. The normalized spacial score (nSPS) is 17.8. The van der Waals surface area contributed by atoms with Gasteiger partial charge in [0.2, 0.25) is 5.91 Å². The molecule has 1 fully saturated rings. The van der Waals surface area contributed by atoms with Gasteiger partial charge >= 0.3 is 5.97 Å². The molecule has 0 spiro atoms. The molecule has 26 heavy (non-hydrogen) atoms. The fraction of sp³-hybridized carbons (Fsp3) is 0.529. The summed E-state index contributed by atoms with van der Waals surface area (Å²) in [5.74, 6) is -1.24. The van der Waals surface area contributed by atoms with Gasteiger partial charge in [0.05, 0.1) is 30.9 Å². The van der Waals surface area contributed by atoms with Crippen molar-refractivity contribution >= 4 is 35.1 Å². The van der Waals surface area contributed by atoms with E-state index < -0.39 is 17.9 Å². The Kier molecular flexibility index (Phi) is 7.64. The first-order valence-corrected chi connectivity index (χ1v) is 8.95. The molecule has 1 aliphatic heterocycles. The molecule has 0 aliphatic carbocycles. The summed E-state index contributed by atoms with van der Waals surface area (Å²) in [6.45, 7) is 3.28. The third-order valence-corrected chi connectivity index (χ3v) is 4.61. The number of halogens is 3. The lowest BCUT2D eigenvalue weighted by Gasteiger charge is -2.33. The summed E-state index contributed by atoms with van der Waals surface area (Å²) < 4.78 is 24.3. The van der Waals surface area contributed by atoms with E-state index in [0.717, 1.165) is 0 Å². The zero-order valence-corrected chi connectivity index (χ0v) is 16.1. The maximum Gasteiger partial charge on any atom is 0.325 e. The van der Waals surface area contributed by atoms with Crippen molar-refractivity contribution in [3.63, 3.8) is 0 Å². The second kappa shape index (κ2) is 9.50. The van der Waals surface area contributed by atoms with Gasteiger partial charge in [-0.05, 0) is 19.1 Å². The van der Waals surface area contributed by atoms with Crippen molar-refractivity contribution in [2.24, 2.45) is 0 Å². The second-order valence-electron chi connectivity index (χ2n) is 5.94. The van der Waals surface area contributed by atoms with Crippen molar-refractivity contribution in [3.05, 3.63) is 33.6 Å². The quantitative estimate of drug-likeness (QED) is 0.536. The number of carbonyl (C=O) groups is 2. The summed E-state index contributed by atoms with van der Waals surface area (Å²) in [5, 5.41) is 0.260. The second-order valence-corrected chi connectivity index (χ2v) is 6.75. The first-order chi connectivity index (χ1) is 12.3. The number of ether oxygens (including phenoxy) is 2. The predicted molar refractivity (Wildman–Crippen MR) is 95.8 cm³/mol. The van der Waals surface area contributed by atoms with Crippen LogP contribution in [0.4, 0.5) is 4.39 Å². The summed E-state index contributed by atoms with van der Waals surface area (Å²) in [5.41, 5.74) is 0.491. The highest BCUT2D eigenvalue weighted by Crippen LogP contribution is 2.32. The Balaban J connectivity index is 1.97. The highest BCUT2D eigenvalue weighted by atomic mass is 35.5. The Hall–Kier alpha value is -1.41. The Labute approximate surface area is 161 Å². The van der Waals surface area contributed by atoms with Crippen LogP contribution in [0.25, 0.3) is 0 Å². The van der Waals surface area contributed by atoms with Gasteiger partial charge in [-0.15, -0.1) is 0 Å². The number of rotatable bonds is 6. The summed E-state index contributed by atoms with van der Waals surface area (Å²) >= 11 is 11.9. The molecule has 0 aromatic heterocycles. The van der Waals surface area contributed by atoms with Crippen LogP contribution >= 0.6 is 23.2 Å². The average molecular weight is 407 g/mol. The summed E-state index contributed by atoms with van der Waals surface area (Å²) in [4.78, 5) is 27.0. The van der Waals surface area contributed by atoms with Gasteiger partial charge in [0.1, 0.15) is 12.4 Å². The number of hydrogen-bond donors (Lipinski definition) is 0. The van der Waals surface area contributed by atoms with E-state index in [1.165, 1.54) is 17.0 Å². The van der Waals surface area contributed by atoms with Crippen LogP contribution in [0.3, 0.4) is 0 Å². The number of likely N-dealkylation sites (N-methyl/N-ethyl adjacent to an activating group) is 1. The molecule has 9 heteroatoms. The maximum atomic E-state index is 13.7. The Morgan fingerprint density at radius 2 is 2.12 bits per heavy atom. The van der Waals surface area contributed by atoms with E-state index in [9.17, 15) is 14.0 Å². The fourth-order valence-electron chi connectivity index (χ4n) is 2.62. The fourth-order valence-corrected chi connectivity index (χ4v) is 3.12. The van der Waals surface area contributed by atoms with Crippen LogP contribution in [-0.4, -0.2) is 68.1 Å². The van der Waals surface area contributed by atoms with Gasteiger partial charge < -0.3 is 14.4 Å². The van der Waals surface area contributed by atoms with E-state index in [1.54, 1.807) is 14.0 Å². The Morgan fingerprint density at radius 1 is 1.38 bits per heavy atom. The molecule has 0 bridgehead atoms. The minimum absolute atomic E-state index is 0.0535. The molecule has 1 amide bonds. The molecular weight excluding hydrogens is 386 g/mol. The Morgan fingerprint density at radius 3 is 2.81 bits per heavy atom. The van der Waals surface area contributed by atoms with Crippen LogP contribution in [-0.2, 0) is 19.1 Å². The number of nitrogens with zero attached hydrogens (tertiary/aromatic N) is 2. The third kappa shape index (κ3) is 5.54. The molecule has 1 aromatic carbocycles. The van der Waals surface area contributed by atoms with E-state index in [0.29, 0.717) is 30.3 Å². The van der Waals surface area contributed by atoms with Gasteiger partial charge in [0, 0.05) is 30.7 Å². The maximum absolute atomic E-state index is 13.7. The zero-order chi connectivity index (χ0) is 19.3. The molecule has 2 rings (SSSR count). The summed E-state index contributed by atoms with van der Waals surface area (Å²) in [6, 6.07) is 2.60. The molecule has 1 aliphatic rings. The lowest BCUT2D eigenvalue weighted by Crippen LogP contribution is -2.45. The van der Waals surface area contributed by atoms with Gasteiger partial charge in [0.25, 0.3) is 0 Å². The van der Waals surface area contributed by atoms with Gasteiger partial charge in [-0.1, -0.05) is 23.2 Å². The van der Waals surface area contributed by atoms with Crippen molar-refractivity contribution in [2.75, 3.05) is 46.4 Å². The molecule has 144 valence electrons. The van der Waals surface area contributed by atoms with Crippen LogP contribution in [0.5, 0.6) is 0 Å². The molecule has 1 atom stereocenters. The lowest BCUT2D eigenvalue weighted by molar-refractivity contribution is -0.148. The number of morpholine rings is 1. The third-order valence-electron chi connectivity index (χ3n) is 3.99. The van der Waals surface area contributed by atoms with Crippen LogP contribution < -0.4 is 0 Å². The van der Waals surface area contributed by atoms with Crippen molar-refractivity contribution in [1.29, 1.82) is 0 Å². The van der Waals surface area contributed by atoms with Crippen molar-refractivity contribution in [1.82, 2.24) is 9.80 Å². The number of amides is 1. The number of hydrogen-bond acceptors (Lipinski definition) is 5. The number of carbonyl (C=O) groups excluding carboxylic acids is 2. The van der Waals surface area contributed by atoms with Gasteiger partial charge in [-0.3, -0.25) is 14.5 Å². The smallest absolute Gasteiger partial charge is 0.325 e. The molecule has 1 saturated heterocycles. The van der Waals surface area contributed by atoms with Crippen molar-refractivity contribution in [2.45, 2.75) is 13.0 Å². The lowest BCUT2D eigenvalue weighted by atomic mass is 10.1. The van der Waals surface area contributed by atoms with E-state index >= 15 is 0 Å². The molecule has 6 nitrogen and oxygen atoms in total. The van der Waals surface area contributed by atoms with Crippen LogP contribution in [0.2, 0.25) is 10.0 Å². The largest absolute Gasteiger partial charge is 0.465 e. The molecule has 0 saturated carbocycles. The molecular formula is C17H21Cl2FN2O4. The number of esters is 1. The molecule has 1 aromatic rings. The van der Waals surface area contributed by atoms with Crippen LogP contribution in [0, 0.1) is 5.82 Å². The Bertz CT molecular complexity index is 674. The summed E-state index contributed by atoms with van der Waals surface area (Å²) in [7, 11) is 1.54. The minimum Gasteiger partial charge on any atom is -0.465 e. The summed E-state index contributed by atoms with van der Waals surface area (Å²) in [6.07, 6.45) is -0.467. The average Bonchev–Trinajstić information content (AvgIpc) is 2.58. The van der Waals surface area contributed by atoms with Crippen LogP contribution in [0.1, 0.15) is 18.6 Å². The van der Waals surface area contributed by atoms with Gasteiger partial charge in [-0.2, -0.15) is 0 Å². The highest BCUT2D eigenvalue weighted by Gasteiger charge is 2.27. The molecule has 0 radical (unpaired) electrons. The van der Waals surface area contributed by atoms with Crippen LogP contribution in [0.15, 0.2) is 12.1 Å². The van der Waals surface area contributed by atoms with E-state index in [4.69, 9.17) is 32.7 Å². The van der Waals surface area contributed by atoms with E-state index in [2.05, 4.69) is 0 Å². The monoisotopic (exact) mass is 406 g/mol. The molecule has 1 heterocycles. The van der Waals surface area contributed by atoms with Crippen molar-refractivity contribution in [3.8, 4) is 0 Å². The van der Waals surface area contributed by atoms with Gasteiger partial charge in [-0.25, -0.2) is 4.39 Å². The first-order valence-electron chi connectivity index (χ1n) is 8.19. The number of benzene rings is 1. The molecule has 1 unspecified atom stereocenters.